The SMILES string of the molecule is COc1ccccc1CNCc1ccc(OCc2ccccc2)c(OC)c1. The fraction of sp³-hybridized carbons (Fsp3) is 0.217. The Kier molecular flexibility index (Phi) is 6.72. The molecule has 140 valence electrons. The van der Waals surface area contributed by atoms with Gasteiger partial charge in [0.1, 0.15) is 12.4 Å². The molecule has 0 heterocycles. The van der Waals surface area contributed by atoms with Crippen LogP contribution in [0.25, 0.3) is 0 Å². The van der Waals surface area contributed by atoms with Crippen LogP contribution in [0, 0.1) is 0 Å². The van der Waals surface area contributed by atoms with Crippen LogP contribution in [-0.4, -0.2) is 14.2 Å². The Morgan fingerprint density at radius 3 is 2.19 bits per heavy atom. The molecule has 0 bridgehead atoms. The monoisotopic (exact) mass is 363 g/mol. The summed E-state index contributed by atoms with van der Waals surface area (Å²) in [4.78, 5) is 0. The largest absolute Gasteiger partial charge is 0.496 e. The number of nitrogens with one attached hydrogen (secondary N) is 1. The van der Waals surface area contributed by atoms with Crippen molar-refractivity contribution >= 4 is 0 Å². The van der Waals surface area contributed by atoms with Gasteiger partial charge in [-0.1, -0.05) is 54.6 Å². The molecular formula is C23H25NO3. The first-order chi connectivity index (χ1) is 13.3. The fourth-order valence-electron chi connectivity index (χ4n) is 2.87. The fourth-order valence-corrected chi connectivity index (χ4v) is 2.87. The molecule has 4 nitrogen and oxygen atoms in total. The van der Waals surface area contributed by atoms with Gasteiger partial charge < -0.3 is 19.5 Å². The van der Waals surface area contributed by atoms with E-state index in [2.05, 4.69) is 17.4 Å². The van der Waals surface area contributed by atoms with Gasteiger partial charge in [0.15, 0.2) is 11.5 Å². The van der Waals surface area contributed by atoms with Gasteiger partial charge in [0.2, 0.25) is 0 Å². The Labute approximate surface area is 160 Å². The van der Waals surface area contributed by atoms with Crippen molar-refractivity contribution in [3.63, 3.8) is 0 Å². The summed E-state index contributed by atoms with van der Waals surface area (Å²) in [7, 11) is 3.36. The van der Waals surface area contributed by atoms with Crippen molar-refractivity contribution in [2.24, 2.45) is 0 Å². The van der Waals surface area contributed by atoms with Gasteiger partial charge in [0.05, 0.1) is 14.2 Å². The van der Waals surface area contributed by atoms with Crippen LogP contribution in [0.15, 0.2) is 72.8 Å². The van der Waals surface area contributed by atoms with Crippen LogP contribution in [0.1, 0.15) is 16.7 Å². The van der Waals surface area contributed by atoms with Crippen molar-refractivity contribution in [3.05, 3.63) is 89.5 Å². The first-order valence-electron chi connectivity index (χ1n) is 8.96. The van der Waals surface area contributed by atoms with Gasteiger partial charge in [-0.15, -0.1) is 0 Å². The topological polar surface area (TPSA) is 39.7 Å². The molecule has 0 saturated carbocycles. The van der Waals surface area contributed by atoms with Gasteiger partial charge in [0, 0.05) is 18.7 Å². The van der Waals surface area contributed by atoms with Crippen LogP contribution in [-0.2, 0) is 19.7 Å². The zero-order chi connectivity index (χ0) is 18.9. The molecule has 0 aliphatic rings. The van der Waals surface area contributed by atoms with E-state index in [-0.39, 0.29) is 0 Å². The predicted octanol–water partition coefficient (Wildman–Crippen LogP) is 4.57. The van der Waals surface area contributed by atoms with E-state index in [1.807, 2.05) is 60.7 Å². The summed E-state index contributed by atoms with van der Waals surface area (Å²) < 4.78 is 16.8. The Morgan fingerprint density at radius 1 is 0.667 bits per heavy atom. The first kappa shape index (κ1) is 18.8. The highest BCUT2D eigenvalue weighted by Crippen LogP contribution is 2.29. The molecule has 3 aromatic rings. The Bertz CT molecular complexity index is 849. The standard InChI is InChI=1S/C23H25NO3/c1-25-21-11-7-6-10-20(21)16-24-15-19-12-13-22(23(14-19)26-2)27-17-18-8-4-3-5-9-18/h3-14,24H,15-17H2,1-2H3. The molecule has 0 saturated heterocycles. The van der Waals surface area contributed by atoms with Crippen LogP contribution in [0.4, 0.5) is 0 Å². The molecule has 0 radical (unpaired) electrons. The Morgan fingerprint density at radius 2 is 1.41 bits per heavy atom. The van der Waals surface area contributed by atoms with Gasteiger partial charge in [-0.05, 0) is 29.3 Å². The third-order valence-corrected chi connectivity index (χ3v) is 4.30. The van der Waals surface area contributed by atoms with Crippen LogP contribution in [0.2, 0.25) is 0 Å². The zero-order valence-electron chi connectivity index (χ0n) is 15.8. The normalized spacial score (nSPS) is 10.4. The number of methoxy groups -OCH3 is 2. The maximum Gasteiger partial charge on any atom is 0.161 e. The van der Waals surface area contributed by atoms with Gasteiger partial charge in [-0.3, -0.25) is 0 Å². The summed E-state index contributed by atoms with van der Waals surface area (Å²) in [6.07, 6.45) is 0. The second kappa shape index (κ2) is 9.64. The minimum Gasteiger partial charge on any atom is -0.496 e. The third-order valence-electron chi connectivity index (χ3n) is 4.30. The Hall–Kier alpha value is -2.98. The lowest BCUT2D eigenvalue weighted by molar-refractivity contribution is 0.284. The van der Waals surface area contributed by atoms with Crippen LogP contribution in [0.5, 0.6) is 17.2 Å². The van der Waals surface area contributed by atoms with Gasteiger partial charge >= 0.3 is 0 Å². The average molecular weight is 363 g/mol. The molecule has 27 heavy (non-hydrogen) atoms. The van der Waals surface area contributed by atoms with E-state index in [1.54, 1.807) is 14.2 Å². The number of ether oxygens (including phenoxy) is 3. The summed E-state index contributed by atoms with van der Waals surface area (Å²) in [5.41, 5.74) is 3.39. The van der Waals surface area contributed by atoms with E-state index >= 15 is 0 Å². The molecule has 0 aromatic heterocycles. The minimum atomic E-state index is 0.516. The van der Waals surface area contributed by atoms with E-state index in [0.717, 1.165) is 47.0 Å². The quantitative estimate of drug-likeness (QED) is 0.604. The molecule has 4 heteroatoms. The molecule has 0 aliphatic carbocycles. The molecular weight excluding hydrogens is 338 g/mol. The lowest BCUT2D eigenvalue weighted by atomic mass is 10.1. The molecule has 1 N–H and O–H groups in total. The second-order valence-electron chi connectivity index (χ2n) is 6.17. The van der Waals surface area contributed by atoms with E-state index in [9.17, 15) is 0 Å². The molecule has 0 aliphatic heterocycles. The summed E-state index contributed by atoms with van der Waals surface area (Å²) in [5, 5.41) is 3.44. The lowest BCUT2D eigenvalue weighted by Gasteiger charge is -2.13. The lowest BCUT2D eigenvalue weighted by Crippen LogP contribution is -2.13. The predicted molar refractivity (Wildman–Crippen MR) is 107 cm³/mol. The first-order valence-corrected chi connectivity index (χ1v) is 8.96. The van der Waals surface area contributed by atoms with Gasteiger partial charge in [-0.25, -0.2) is 0 Å². The number of rotatable bonds is 9. The van der Waals surface area contributed by atoms with Crippen molar-refractivity contribution < 1.29 is 14.2 Å². The van der Waals surface area contributed by atoms with Crippen LogP contribution >= 0.6 is 0 Å². The average Bonchev–Trinajstić information content (AvgIpc) is 2.73. The van der Waals surface area contributed by atoms with Crippen LogP contribution in [0.3, 0.4) is 0 Å². The Balaban J connectivity index is 1.58. The molecule has 0 atom stereocenters. The highest BCUT2D eigenvalue weighted by atomic mass is 16.5. The number of para-hydroxylation sites is 1. The highest BCUT2D eigenvalue weighted by molar-refractivity contribution is 5.43. The second-order valence-corrected chi connectivity index (χ2v) is 6.17. The maximum atomic E-state index is 5.91. The van der Waals surface area contributed by atoms with Crippen molar-refractivity contribution in [1.29, 1.82) is 0 Å². The number of hydrogen-bond donors (Lipinski definition) is 1. The van der Waals surface area contributed by atoms with Gasteiger partial charge in [0.25, 0.3) is 0 Å². The van der Waals surface area contributed by atoms with E-state index in [1.165, 1.54) is 0 Å². The summed E-state index contributed by atoms with van der Waals surface area (Å²) in [6, 6.07) is 24.1. The van der Waals surface area contributed by atoms with Crippen LogP contribution < -0.4 is 19.5 Å². The van der Waals surface area contributed by atoms with Crippen molar-refractivity contribution in [2.45, 2.75) is 19.7 Å². The van der Waals surface area contributed by atoms with E-state index in [4.69, 9.17) is 14.2 Å². The minimum absolute atomic E-state index is 0.516. The molecule has 0 fully saturated rings. The number of hydrogen-bond acceptors (Lipinski definition) is 4. The summed E-state index contributed by atoms with van der Waals surface area (Å²) in [6.45, 7) is 1.98. The summed E-state index contributed by atoms with van der Waals surface area (Å²) in [5.74, 6) is 2.38. The molecule has 3 aromatic carbocycles. The molecule has 0 spiro atoms. The number of benzene rings is 3. The zero-order valence-corrected chi connectivity index (χ0v) is 15.8. The molecule has 3 rings (SSSR count). The maximum absolute atomic E-state index is 5.91. The van der Waals surface area contributed by atoms with Crippen molar-refractivity contribution in [2.75, 3.05) is 14.2 Å². The van der Waals surface area contributed by atoms with Crippen molar-refractivity contribution in [1.82, 2.24) is 5.32 Å². The van der Waals surface area contributed by atoms with Crippen molar-refractivity contribution in [3.8, 4) is 17.2 Å². The highest BCUT2D eigenvalue weighted by Gasteiger charge is 2.07. The summed E-state index contributed by atoms with van der Waals surface area (Å²) >= 11 is 0. The molecule has 0 amide bonds. The van der Waals surface area contributed by atoms with Gasteiger partial charge in [-0.2, -0.15) is 0 Å². The third kappa shape index (κ3) is 5.25. The van der Waals surface area contributed by atoms with E-state index in [0.29, 0.717) is 6.61 Å². The van der Waals surface area contributed by atoms with E-state index < -0.39 is 0 Å². The smallest absolute Gasteiger partial charge is 0.161 e. The molecule has 0 unspecified atom stereocenters.